The van der Waals surface area contributed by atoms with E-state index in [1.807, 2.05) is 4.72 Å². The molecule has 34 heavy (non-hydrogen) atoms. The van der Waals surface area contributed by atoms with Gasteiger partial charge < -0.3 is 10.8 Å². The number of alkyl halides is 6. The number of carboxylic acid groups (broad SMARTS) is 1. The van der Waals surface area contributed by atoms with Crippen LogP contribution in [0.15, 0.2) is 69.7 Å². The number of hydrogen-bond donors (Lipinski definition) is 3. The molecule has 1 aliphatic heterocycles. The van der Waals surface area contributed by atoms with Crippen molar-refractivity contribution in [2.24, 2.45) is 16.0 Å². The molecule has 1 atom stereocenters. The third kappa shape index (κ3) is 6.07. The normalized spacial score (nSPS) is 15.5. The van der Waals surface area contributed by atoms with Gasteiger partial charge >= 0.3 is 24.0 Å². The highest BCUT2D eigenvalue weighted by Crippen LogP contribution is 2.52. The molecule has 0 radical (unpaired) electrons. The van der Waals surface area contributed by atoms with Gasteiger partial charge in [-0.1, -0.05) is 42.5 Å². The summed E-state index contributed by atoms with van der Waals surface area (Å²) in [6, 6.07) is 10.7. The number of carbonyl (C=O) groups excluding carboxylic acids is 1. The van der Waals surface area contributed by atoms with Crippen LogP contribution in [0.2, 0.25) is 0 Å². The van der Waals surface area contributed by atoms with Crippen molar-refractivity contribution in [1.82, 2.24) is 4.72 Å². The van der Waals surface area contributed by atoms with Crippen LogP contribution >= 0.6 is 0 Å². The fourth-order valence-electron chi connectivity index (χ4n) is 2.38. The van der Waals surface area contributed by atoms with Gasteiger partial charge in [0, 0.05) is 5.56 Å². The molecule has 0 spiro atoms. The molecule has 16 heteroatoms. The van der Waals surface area contributed by atoms with E-state index < -0.39 is 50.9 Å². The monoisotopic (exact) mass is 512 g/mol. The van der Waals surface area contributed by atoms with Gasteiger partial charge in [0.15, 0.2) is 0 Å². The average molecular weight is 512 g/mol. The Morgan fingerprint density at radius 3 is 1.79 bits per heavy atom. The number of rotatable bonds is 5. The summed E-state index contributed by atoms with van der Waals surface area (Å²) < 4.78 is 97.0. The van der Waals surface area contributed by atoms with Crippen LogP contribution in [0.5, 0.6) is 0 Å². The van der Waals surface area contributed by atoms with Crippen molar-refractivity contribution in [2.75, 3.05) is 0 Å². The molecule has 1 heterocycles. The van der Waals surface area contributed by atoms with E-state index in [0.717, 1.165) is 24.3 Å². The second-order valence-electron chi connectivity index (χ2n) is 6.56. The molecule has 0 unspecified atom stereocenters. The second-order valence-corrected chi connectivity index (χ2v) is 8.24. The van der Waals surface area contributed by atoms with Crippen molar-refractivity contribution < 1.29 is 49.5 Å². The number of halogens is 6. The van der Waals surface area contributed by atoms with Crippen LogP contribution in [0.4, 0.5) is 26.3 Å². The van der Waals surface area contributed by atoms with Gasteiger partial charge in [-0.05, 0) is 17.7 Å². The zero-order valence-electron chi connectivity index (χ0n) is 16.5. The van der Waals surface area contributed by atoms with Gasteiger partial charge in [-0.3, -0.25) is 4.79 Å². The standard InChI is InChI=1S/C16H13F3N4O3S.C2HF3O2/c17-16(18,19)15(22-23-15)11-6-8-12(9-7-11)27(25,26)21-14(24)13(20)10-4-2-1-3-5-10;3-2(4,5)1(6)7/h1-9,13H,20H2,(H,21,24);(H,6,7)/t13-;/m1./s1. The Labute approximate surface area is 187 Å². The van der Waals surface area contributed by atoms with E-state index in [1.165, 1.54) is 0 Å². The molecule has 0 aromatic heterocycles. The number of aliphatic carboxylic acids is 1. The largest absolute Gasteiger partial charge is 0.490 e. The van der Waals surface area contributed by atoms with Crippen molar-refractivity contribution in [3.05, 3.63) is 65.7 Å². The topological polar surface area (TPSA) is 151 Å². The van der Waals surface area contributed by atoms with E-state index in [9.17, 15) is 39.6 Å². The van der Waals surface area contributed by atoms with Gasteiger partial charge in [0.05, 0.1) is 4.90 Å². The van der Waals surface area contributed by atoms with E-state index >= 15 is 0 Å². The zero-order valence-corrected chi connectivity index (χ0v) is 17.3. The lowest BCUT2D eigenvalue weighted by Gasteiger charge is -2.16. The molecule has 3 rings (SSSR count). The fraction of sp³-hybridized carbons (Fsp3) is 0.222. The quantitative estimate of drug-likeness (QED) is 0.524. The first-order chi connectivity index (χ1) is 15.5. The maximum Gasteiger partial charge on any atom is 0.490 e. The van der Waals surface area contributed by atoms with Gasteiger partial charge in [0.2, 0.25) is 0 Å². The molecule has 4 N–H and O–H groups in total. The molecule has 184 valence electrons. The van der Waals surface area contributed by atoms with Crippen molar-refractivity contribution in [3.8, 4) is 0 Å². The summed E-state index contributed by atoms with van der Waals surface area (Å²) in [6.45, 7) is 0. The zero-order chi connectivity index (χ0) is 25.9. The highest BCUT2D eigenvalue weighted by Gasteiger charge is 2.65. The van der Waals surface area contributed by atoms with Gasteiger partial charge in [-0.2, -0.15) is 26.3 Å². The van der Waals surface area contributed by atoms with Gasteiger partial charge in [-0.15, -0.1) is 10.2 Å². The predicted octanol–water partition coefficient (Wildman–Crippen LogP) is 3.01. The SMILES string of the molecule is N[C@@H](C(=O)NS(=O)(=O)c1ccc(C2(C(F)(F)F)N=N2)cc1)c1ccccc1.O=C(O)C(F)(F)F. The van der Waals surface area contributed by atoms with E-state index in [0.29, 0.717) is 5.56 Å². The summed E-state index contributed by atoms with van der Waals surface area (Å²) in [5.41, 5.74) is 3.18. The Morgan fingerprint density at radius 1 is 0.941 bits per heavy atom. The van der Waals surface area contributed by atoms with Crippen molar-refractivity contribution >= 4 is 21.9 Å². The highest BCUT2D eigenvalue weighted by atomic mass is 32.2. The molecule has 0 saturated carbocycles. The number of carboxylic acids is 1. The van der Waals surface area contributed by atoms with Crippen LogP contribution in [0.3, 0.4) is 0 Å². The van der Waals surface area contributed by atoms with Gasteiger partial charge in [0.1, 0.15) is 6.04 Å². The van der Waals surface area contributed by atoms with Crippen LogP contribution in [0, 0.1) is 0 Å². The summed E-state index contributed by atoms with van der Waals surface area (Å²) in [7, 11) is -4.31. The van der Waals surface area contributed by atoms with E-state index in [-0.39, 0.29) is 5.56 Å². The molecule has 2 aromatic rings. The molecular weight excluding hydrogens is 498 g/mol. The highest BCUT2D eigenvalue weighted by molar-refractivity contribution is 7.90. The fourth-order valence-corrected chi connectivity index (χ4v) is 3.38. The number of nitrogens with two attached hydrogens (primary N) is 1. The third-order valence-corrected chi connectivity index (χ3v) is 5.54. The summed E-state index contributed by atoms with van der Waals surface area (Å²) >= 11 is 0. The van der Waals surface area contributed by atoms with Crippen molar-refractivity contribution in [2.45, 2.75) is 29.0 Å². The number of carbonyl (C=O) groups is 2. The molecule has 0 saturated heterocycles. The Balaban J connectivity index is 0.000000509. The minimum Gasteiger partial charge on any atom is -0.475 e. The Kier molecular flexibility index (Phi) is 7.37. The first kappa shape index (κ1) is 26.7. The molecule has 1 aliphatic rings. The Bertz CT molecular complexity index is 1180. The van der Waals surface area contributed by atoms with E-state index in [4.69, 9.17) is 15.6 Å². The number of nitrogens with zero attached hydrogens (tertiary/aromatic N) is 2. The van der Waals surface area contributed by atoms with E-state index in [2.05, 4.69) is 10.2 Å². The summed E-state index contributed by atoms with van der Waals surface area (Å²) in [5.74, 6) is -3.73. The second kappa shape index (κ2) is 9.38. The predicted molar refractivity (Wildman–Crippen MR) is 101 cm³/mol. The van der Waals surface area contributed by atoms with Crippen LogP contribution in [0.25, 0.3) is 0 Å². The lowest BCUT2D eigenvalue weighted by Crippen LogP contribution is -2.38. The third-order valence-electron chi connectivity index (χ3n) is 4.18. The van der Waals surface area contributed by atoms with Gasteiger partial charge in [0.25, 0.3) is 15.9 Å². The number of benzene rings is 2. The van der Waals surface area contributed by atoms with Crippen LogP contribution < -0.4 is 10.5 Å². The smallest absolute Gasteiger partial charge is 0.475 e. The Morgan fingerprint density at radius 2 is 1.41 bits per heavy atom. The number of hydrogen-bond acceptors (Lipinski definition) is 7. The maximum absolute atomic E-state index is 13.0. The average Bonchev–Trinajstić information content (AvgIpc) is 3.55. The first-order valence-electron chi connectivity index (χ1n) is 8.80. The molecule has 0 bridgehead atoms. The molecule has 2 aromatic carbocycles. The van der Waals surface area contributed by atoms with Crippen molar-refractivity contribution in [3.63, 3.8) is 0 Å². The van der Waals surface area contributed by atoms with E-state index in [1.54, 1.807) is 30.3 Å². The number of nitrogens with one attached hydrogen (secondary N) is 1. The maximum atomic E-state index is 13.0. The first-order valence-corrected chi connectivity index (χ1v) is 10.3. The van der Waals surface area contributed by atoms with Crippen LogP contribution in [-0.2, 0) is 25.3 Å². The number of sulfonamides is 1. The minimum absolute atomic E-state index is 0.318. The summed E-state index contributed by atoms with van der Waals surface area (Å²) in [5, 5.41) is 13.2. The molecule has 0 fully saturated rings. The Hall–Kier alpha value is -3.53. The summed E-state index contributed by atoms with van der Waals surface area (Å²) in [6.07, 6.45) is -9.80. The van der Waals surface area contributed by atoms with Crippen molar-refractivity contribution in [1.29, 1.82) is 0 Å². The molecular formula is C18H14F6N4O5S. The summed E-state index contributed by atoms with van der Waals surface area (Å²) in [4.78, 5) is 20.6. The lowest BCUT2D eigenvalue weighted by molar-refractivity contribution is -0.192. The molecule has 0 aliphatic carbocycles. The molecule has 1 amide bonds. The van der Waals surface area contributed by atoms with Gasteiger partial charge in [-0.25, -0.2) is 17.9 Å². The lowest BCUT2D eigenvalue weighted by atomic mass is 10.0. The minimum atomic E-state index is -5.08. The van der Waals surface area contributed by atoms with Crippen LogP contribution in [-0.4, -0.2) is 37.8 Å². The number of amides is 1. The van der Waals surface area contributed by atoms with Crippen LogP contribution in [0.1, 0.15) is 17.2 Å². The molecule has 9 nitrogen and oxygen atoms in total.